The van der Waals surface area contributed by atoms with Gasteiger partial charge in [-0.3, -0.25) is 14.4 Å². The maximum atomic E-state index is 12.9. The van der Waals surface area contributed by atoms with Gasteiger partial charge in [-0.05, 0) is 32.0 Å². The van der Waals surface area contributed by atoms with Gasteiger partial charge < -0.3 is 11.1 Å². The minimum atomic E-state index is -0.582. The zero-order valence-electron chi connectivity index (χ0n) is 15.6. The molecule has 0 fully saturated rings. The number of nitrogens with one attached hydrogen (secondary N) is 1. The summed E-state index contributed by atoms with van der Waals surface area (Å²) in [6.45, 7) is 3.53. The molecule has 0 radical (unpaired) electrons. The second-order valence-corrected chi connectivity index (χ2v) is 6.21. The highest BCUT2D eigenvalue weighted by molar-refractivity contribution is 6.05. The number of carbonyl (C=O) groups excluding carboxylic acids is 2. The smallest absolute Gasteiger partial charge is 0.291 e. The third kappa shape index (κ3) is 3.68. The van der Waals surface area contributed by atoms with E-state index in [1.165, 1.54) is 17.7 Å². The van der Waals surface area contributed by atoms with Gasteiger partial charge in [-0.2, -0.15) is 5.10 Å². The van der Waals surface area contributed by atoms with E-state index in [9.17, 15) is 14.4 Å². The summed E-state index contributed by atoms with van der Waals surface area (Å²) in [5, 5.41) is 7.40. The second-order valence-electron chi connectivity index (χ2n) is 6.21. The number of hydrogen-bond acceptors (Lipinski definition) is 5. The molecule has 2 aromatic carbocycles. The summed E-state index contributed by atoms with van der Waals surface area (Å²) < 4.78 is 1.30. The number of amides is 1. The molecule has 0 unspecified atom stereocenters. The van der Waals surface area contributed by atoms with Crippen molar-refractivity contribution in [3.63, 3.8) is 0 Å². The van der Waals surface area contributed by atoms with Gasteiger partial charge in [0.05, 0.1) is 5.56 Å². The van der Waals surface area contributed by atoms with Crippen LogP contribution in [0.4, 0.5) is 11.4 Å². The average Bonchev–Trinajstić information content (AvgIpc) is 2.69. The van der Waals surface area contributed by atoms with E-state index in [1.807, 2.05) is 30.3 Å². The minimum Gasteiger partial charge on any atom is -0.366 e. The average molecular weight is 376 g/mol. The maximum Gasteiger partial charge on any atom is 0.291 e. The number of ketones is 1. The van der Waals surface area contributed by atoms with Crippen LogP contribution in [-0.2, 0) is 6.54 Å². The van der Waals surface area contributed by atoms with Crippen molar-refractivity contribution >= 4 is 23.1 Å². The molecule has 0 aliphatic heterocycles. The van der Waals surface area contributed by atoms with Gasteiger partial charge in [0.15, 0.2) is 5.78 Å². The molecule has 7 heteroatoms. The normalized spacial score (nSPS) is 10.5. The van der Waals surface area contributed by atoms with E-state index in [0.717, 1.165) is 5.56 Å². The summed E-state index contributed by atoms with van der Waals surface area (Å²) in [5.41, 5.74) is 7.14. The van der Waals surface area contributed by atoms with Crippen LogP contribution in [0, 0.1) is 0 Å². The fraction of sp³-hybridized carbons (Fsp3) is 0.143. The Kier molecular flexibility index (Phi) is 5.35. The first-order valence-corrected chi connectivity index (χ1v) is 8.80. The molecule has 0 aliphatic carbocycles. The van der Waals surface area contributed by atoms with Gasteiger partial charge in [0.2, 0.25) is 5.91 Å². The number of Topliss-reactive ketones (excluding diaryl/α,β-unsaturated/α-hetero) is 1. The molecular formula is C21H20N4O3. The van der Waals surface area contributed by atoms with Crippen molar-refractivity contribution in [3.05, 3.63) is 76.1 Å². The van der Waals surface area contributed by atoms with Gasteiger partial charge in [0, 0.05) is 23.4 Å². The molecule has 28 heavy (non-hydrogen) atoms. The number of nitrogens with two attached hydrogens (primary N) is 1. The molecule has 0 atom stereocenters. The van der Waals surface area contributed by atoms with Crippen LogP contribution in [0.3, 0.4) is 0 Å². The van der Waals surface area contributed by atoms with Crippen molar-refractivity contribution < 1.29 is 9.59 Å². The second kappa shape index (κ2) is 7.87. The standard InChI is InChI=1S/C21H20N4O3/c1-3-25-21(28)19(23-16-11-7-10-15(12-16)20(22)27)17(13(2)26)18(24-25)14-8-5-4-6-9-14/h4-12,23H,3H2,1-2H3,(H2,22,27). The van der Waals surface area contributed by atoms with Crippen LogP contribution in [0.15, 0.2) is 59.4 Å². The monoisotopic (exact) mass is 376 g/mol. The lowest BCUT2D eigenvalue weighted by Crippen LogP contribution is -2.28. The van der Waals surface area contributed by atoms with Crippen LogP contribution in [0.5, 0.6) is 0 Å². The Labute approximate surface area is 161 Å². The molecule has 3 N–H and O–H groups in total. The minimum absolute atomic E-state index is 0.116. The summed E-state index contributed by atoms with van der Waals surface area (Å²) in [5.74, 6) is -0.874. The van der Waals surface area contributed by atoms with Crippen LogP contribution >= 0.6 is 0 Å². The number of aryl methyl sites for hydroxylation is 1. The highest BCUT2D eigenvalue weighted by Crippen LogP contribution is 2.27. The lowest BCUT2D eigenvalue weighted by atomic mass is 10.0. The molecule has 0 saturated heterocycles. The van der Waals surface area contributed by atoms with Gasteiger partial charge in [0.25, 0.3) is 5.56 Å². The zero-order chi connectivity index (χ0) is 20.3. The Bertz CT molecular complexity index is 1100. The lowest BCUT2D eigenvalue weighted by molar-refractivity contribution is 0.0996. The highest BCUT2D eigenvalue weighted by atomic mass is 16.1. The third-order valence-electron chi connectivity index (χ3n) is 4.27. The van der Waals surface area contributed by atoms with Crippen molar-refractivity contribution in [2.24, 2.45) is 5.73 Å². The van der Waals surface area contributed by atoms with Crippen LogP contribution in [0.2, 0.25) is 0 Å². The van der Waals surface area contributed by atoms with Crippen LogP contribution in [0.25, 0.3) is 11.3 Å². The summed E-state index contributed by atoms with van der Waals surface area (Å²) in [4.78, 5) is 36.9. The van der Waals surface area contributed by atoms with E-state index in [2.05, 4.69) is 10.4 Å². The number of nitrogens with zero attached hydrogens (tertiary/aromatic N) is 2. The lowest BCUT2D eigenvalue weighted by Gasteiger charge is -2.16. The number of benzene rings is 2. The van der Waals surface area contributed by atoms with Crippen LogP contribution in [0.1, 0.15) is 34.6 Å². The van der Waals surface area contributed by atoms with Crippen LogP contribution < -0.4 is 16.6 Å². The number of aromatic nitrogens is 2. The van der Waals surface area contributed by atoms with Crippen molar-refractivity contribution in [1.29, 1.82) is 0 Å². The number of anilines is 2. The summed E-state index contributed by atoms with van der Waals surface area (Å²) in [7, 11) is 0. The van der Waals surface area contributed by atoms with E-state index in [0.29, 0.717) is 23.5 Å². The number of rotatable bonds is 6. The molecule has 0 spiro atoms. The van der Waals surface area contributed by atoms with E-state index >= 15 is 0 Å². The van der Waals surface area contributed by atoms with Crippen LogP contribution in [-0.4, -0.2) is 21.5 Å². The zero-order valence-corrected chi connectivity index (χ0v) is 15.6. The molecule has 1 heterocycles. The van der Waals surface area contributed by atoms with Gasteiger partial charge >= 0.3 is 0 Å². The maximum absolute atomic E-state index is 12.9. The van der Waals surface area contributed by atoms with E-state index in [4.69, 9.17) is 5.73 Å². The predicted molar refractivity (Wildman–Crippen MR) is 108 cm³/mol. The molecule has 0 aliphatic rings. The Balaban J connectivity index is 2.25. The van der Waals surface area contributed by atoms with E-state index < -0.39 is 11.5 Å². The van der Waals surface area contributed by atoms with Crippen molar-refractivity contribution in [2.45, 2.75) is 20.4 Å². The largest absolute Gasteiger partial charge is 0.366 e. The van der Waals surface area contributed by atoms with Gasteiger partial charge in [-0.1, -0.05) is 36.4 Å². The highest BCUT2D eigenvalue weighted by Gasteiger charge is 2.22. The molecule has 3 aromatic rings. The van der Waals surface area contributed by atoms with Crippen molar-refractivity contribution in [1.82, 2.24) is 9.78 Å². The molecule has 1 aromatic heterocycles. The van der Waals surface area contributed by atoms with Crippen molar-refractivity contribution in [2.75, 3.05) is 5.32 Å². The Hall–Kier alpha value is -3.74. The SMILES string of the molecule is CCn1nc(-c2ccccc2)c(C(C)=O)c(Nc2cccc(C(N)=O)c2)c1=O. The summed E-state index contributed by atoms with van der Waals surface area (Å²) in [6, 6.07) is 15.6. The Morgan fingerprint density at radius 3 is 2.43 bits per heavy atom. The molecule has 0 bridgehead atoms. The third-order valence-corrected chi connectivity index (χ3v) is 4.27. The first-order valence-electron chi connectivity index (χ1n) is 8.80. The molecule has 1 amide bonds. The first kappa shape index (κ1) is 19.0. The molecular weight excluding hydrogens is 356 g/mol. The number of primary amides is 1. The van der Waals surface area contributed by atoms with E-state index in [1.54, 1.807) is 25.1 Å². The fourth-order valence-electron chi connectivity index (χ4n) is 2.94. The molecule has 0 saturated carbocycles. The quantitative estimate of drug-likeness (QED) is 0.643. The van der Waals surface area contributed by atoms with Gasteiger partial charge in [-0.15, -0.1) is 0 Å². The molecule has 142 valence electrons. The number of hydrogen-bond donors (Lipinski definition) is 2. The van der Waals surface area contributed by atoms with E-state index in [-0.39, 0.29) is 17.0 Å². The Morgan fingerprint density at radius 1 is 1.11 bits per heavy atom. The van der Waals surface area contributed by atoms with Gasteiger partial charge in [0.1, 0.15) is 11.4 Å². The predicted octanol–water partition coefficient (Wildman–Crippen LogP) is 2.98. The summed E-state index contributed by atoms with van der Waals surface area (Å²) >= 11 is 0. The molecule has 7 nitrogen and oxygen atoms in total. The molecule has 3 rings (SSSR count). The Morgan fingerprint density at radius 2 is 1.82 bits per heavy atom. The summed E-state index contributed by atoms with van der Waals surface area (Å²) in [6.07, 6.45) is 0. The number of carbonyl (C=O) groups is 2. The van der Waals surface area contributed by atoms with Gasteiger partial charge in [-0.25, -0.2) is 4.68 Å². The topological polar surface area (TPSA) is 107 Å². The fourth-order valence-corrected chi connectivity index (χ4v) is 2.94. The van der Waals surface area contributed by atoms with Crippen molar-refractivity contribution in [3.8, 4) is 11.3 Å². The first-order chi connectivity index (χ1) is 13.4.